The SMILES string of the molecule is CC(C)c1noc(CCC(=O)N2C[C@@H](CN)[C@H](c3ccccc3)C2)n1.Cl. The zero-order valence-corrected chi connectivity index (χ0v) is 16.1. The van der Waals surface area contributed by atoms with E-state index in [1.54, 1.807) is 0 Å². The number of rotatable bonds is 6. The summed E-state index contributed by atoms with van der Waals surface area (Å²) in [6.07, 6.45) is 0.872. The van der Waals surface area contributed by atoms with Crippen molar-refractivity contribution in [2.75, 3.05) is 19.6 Å². The fourth-order valence-corrected chi connectivity index (χ4v) is 3.37. The zero-order chi connectivity index (χ0) is 17.8. The van der Waals surface area contributed by atoms with Crippen LogP contribution in [0.15, 0.2) is 34.9 Å². The third-order valence-electron chi connectivity index (χ3n) is 4.88. The molecule has 0 radical (unpaired) electrons. The van der Waals surface area contributed by atoms with Gasteiger partial charge in [0.15, 0.2) is 5.82 Å². The van der Waals surface area contributed by atoms with Crippen LogP contribution in [0.4, 0.5) is 0 Å². The number of aryl methyl sites for hydroxylation is 1. The van der Waals surface area contributed by atoms with E-state index in [9.17, 15) is 4.79 Å². The Kier molecular flexibility index (Phi) is 7.17. The maximum Gasteiger partial charge on any atom is 0.227 e. The lowest BCUT2D eigenvalue weighted by Gasteiger charge is -2.16. The Balaban J connectivity index is 0.00000243. The van der Waals surface area contributed by atoms with Gasteiger partial charge in [-0.05, 0) is 18.0 Å². The molecule has 0 bridgehead atoms. The van der Waals surface area contributed by atoms with E-state index < -0.39 is 0 Å². The highest BCUT2D eigenvalue weighted by Crippen LogP contribution is 2.32. The van der Waals surface area contributed by atoms with Gasteiger partial charge in [-0.15, -0.1) is 12.4 Å². The predicted octanol–water partition coefficient (Wildman–Crippen LogP) is 2.75. The highest BCUT2D eigenvalue weighted by molar-refractivity contribution is 5.85. The number of hydrogen-bond donors (Lipinski definition) is 1. The van der Waals surface area contributed by atoms with E-state index in [0.29, 0.717) is 42.9 Å². The summed E-state index contributed by atoms with van der Waals surface area (Å²) in [5.74, 6) is 2.19. The van der Waals surface area contributed by atoms with Crippen LogP contribution in [-0.2, 0) is 11.2 Å². The first-order valence-corrected chi connectivity index (χ1v) is 8.93. The number of nitrogens with zero attached hydrogens (tertiary/aromatic N) is 3. The number of benzene rings is 1. The summed E-state index contributed by atoms with van der Waals surface area (Å²) in [5.41, 5.74) is 7.20. The molecule has 142 valence electrons. The van der Waals surface area contributed by atoms with Crippen LogP contribution in [0.1, 0.15) is 49.4 Å². The van der Waals surface area contributed by atoms with Gasteiger partial charge in [0.05, 0.1) is 0 Å². The van der Waals surface area contributed by atoms with Gasteiger partial charge >= 0.3 is 0 Å². The van der Waals surface area contributed by atoms with E-state index in [1.165, 1.54) is 5.56 Å². The summed E-state index contributed by atoms with van der Waals surface area (Å²) in [4.78, 5) is 18.9. The second kappa shape index (κ2) is 9.14. The van der Waals surface area contributed by atoms with Crippen molar-refractivity contribution in [2.45, 2.75) is 38.5 Å². The smallest absolute Gasteiger partial charge is 0.227 e. The normalized spacial score (nSPS) is 19.6. The average Bonchev–Trinajstić information content (AvgIpc) is 3.27. The highest BCUT2D eigenvalue weighted by Gasteiger charge is 2.35. The van der Waals surface area contributed by atoms with E-state index in [1.807, 2.05) is 36.9 Å². The van der Waals surface area contributed by atoms with Crippen molar-refractivity contribution >= 4 is 18.3 Å². The molecule has 1 aliphatic rings. The van der Waals surface area contributed by atoms with E-state index >= 15 is 0 Å². The molecule has 1 aromatic carbocycles. The van der Waals surface area contributed by atoms with Crippen molar-refractivity contribution in [3.8, 4) is 0 Å². The number of aromatic nitrogens is 2. The minimum atomic E-state index is 0. The van der Waals surface area contributed by atoms with Crippen LogP contribution in [0.2, 0.25) is 0 Å². The first-order valence-electron chi connectivity index (χ1n) is 8.93. The van der Waals surface area contributed by atoms with Crippen LogP contribution in [0.25, 0.3) is 0 Å². The summed E-state index contributed by atoms with van der Waals surface area (Å²) >= 11 is 0. The zero-order valence-electron chi connectivity index (χ0n) is 15.3. The van der Waals surface area contributed by atoms with Crippen molar-refractivity contribution < 1.29 is 9.32 Å². The van der Waals surface area contributed by atoms with Gasteiger partial charge in [0.25, 0.3) is 0 Å². The van der Waals surface area contributed by atoms with Gasteiger partial charge in [-0.1, -0.05) is 49.3 Å². The molecule has 1 fully saturated rings. The minimum absolute atomic E-state index is 0. The lowest BCUT2D eigenvalue weighted by atomic mass is 9.89. The average molecular weight is 379 g/mol. The molecule has 2 N–H and O–H groups in total. The lowest BCUT2D eigenvalue weighted by molar-refractivity contribution is -0.130. The van der Waals surface area contributed by atoms with Crippen molar-refractivity contribution in [1.29, 1.82) is 0 Å². The van der Waals surface area contributed by atoms with E-state index in [-0.39, 0.29) is 24.2 Å². The molecule has 6 nitrogen and oxygen atoms in total. The number of likely N-dealkylation sites (tertiary alicyclic amines) is 1. The fraction of sp³-hybridized carbons (Fsp3) is 0.526. The number of halogens is 1. The molecule has 7 heteroatoms. The lowest BCUT2D eigenvalue weighted by Crippen LogP contribution is -2.30. The molecule has 2 atom stereocenters. The van der Waals surface area contributed by atoms with Crippen molar-refractivity contribution in [2.24, 2.45) is 11.7 Å². The van der Waals surface area contributed by atoms with Gasteiger partial charge in [0, 0.05) is 37.8 Å². The molecule has 0 spiro atoms. The monoisotopic (exact) mass is 378 g/mol. The van der Waals surface area contributed by atoms with Gasteiger partial charge in [0.2, 0.25) is 11.8 Å². The molecule has 2 aromatic rings. The van der Waals surface area contributed by atoms with Crippen LogP contribution >= 0.6 is 12.4 Å². The molecule has 3 rings (SSSR count). The molecule has 0 unspecified atom stereocenters. The number of carbonyl (C=O) groups is 1. The molecule has 26 heavy (non-hydrogen) atoms. The summed E-state index contributed by atoms with van der Waals surface area (Å²) in [7, 11) is 0. The Morgan fingerprint density at radius 2 is 2.04 bits per heavy atom. The second-order valence-electron chi connectivity index (χ2n) is 7.01. The third-order valence-corrected chi connectivity index (χ3v) is 4.88. The summed E-state index contributed by atoms with van der Waals surface area (Å²) in [6.45, 7) is 6.06. The molecule has 0 saturated carbocycles. The van der Waals surface area contributed by atoms with Crippen LogP contribution in [0.3, 0.4) is 0 Å². The van der Waals surface area contributed by atoms with E-state index in [4.69, 9.17) is 10.3 Å². The number of hydrogen-bond acceptors (Lipinski definition) is 5. The molecular weight excluding hydrogens is 352 g/mol. The maximum atomic E-state index is 12.6. The molecule has 1 aliphatic heterocycles. The molecule has 0 aliphatic carbocycles. The summed E-state index contributed by atoms with van der Waals surface area (Å²) < 4.78 is 5.22. The van der Waals surface area contributed by atoms with E-state index in [2.05, 4.69) is 22.3 Å². The Morgan fingerprint density at radius 3 is 2.65 bits per heavy atom. The van der Waals surface area contributed by atoms with Crippen molar-refractivity contribution in [3.05, 3.63) is 47.6 Å². The molecule has 1 aromatic heterocycles. The first kappa shape index (κ1) is 20.4. The topological polar surface area (TPSA) is 85.2 Å². The van der Waals surface area contributed by atoms with Crippen molar-refractivity contribution in [3.63, 3.8) is 0 Å². The Labute approximate surface area is 160 Å². The van der Waals surface area contributed by atoms with Crippen molar-refractivity contribution in [1.82, 2.24) is 15.0 Å². The van der Waals surface area contributed by atoms with E-state index in [0.717, 1.165) is 13.1 Å². The Morgan fingerprint density at radius 1 is 1.31 bits per heavy atom. The Bertz CT molecular complexity index is 705. The molecule has 1 saturated heterocycles. The Hall–Kier alpha value is -1.92. The molecular formula is C19H27ClN4O2. The molecule has 2 heterocycles. The van der Waals surface area contributed by atoms with Crippen LogP contribution in [0.5, 0.6) is 0 Å². The highest BCUT2D eigenvalue weighted by atomic mass is 35.5. The standard InChI is InChI=1S/C19H26N4O2.ClH/c1-13(2)19-21-17(25-22-19)8-9-18(24)23-11-15(10-20)16(12-23)14-6-4-3-5-7-14;/h3-7,13,15-16H,8-12,20H2,1-2H3;1H/t15-,16+;/m1./s1. The fourth-order valence-electron chi connectivity index (χ4n) is 3.37. The van der Waals surface area contributed by atoms with Gasteiger partial charge in [-0.2, -0.15) is 4.98 Å². The predicted molar refractivity (Wildman–Crippen MR) is 102 cm³/mol. The minimum Gasteiger partial charge on any atom is -0.342 e. The third kappa shape index (κ3) is 4.62. The quantitative estimate of drug-likeness (QED) is 0.835. The van der Waals surface area contributed by atoms with Crippen LogP contribution in [-0.4, -0.2) is 40.6 Å². The van der Waals surface area contributed by atoms with Crippen LogP contribution in [0, 0.1) is 5.92 Å². The van der Waals surface area contributed by atoms with Gasteiger partial charge in [-0.25, -0.2) is 0 Å². The summed E-state index contributed by atoms with van der Waals surface area (Å²) in [6, 6.07) is 10.3. The van der Waals surface area contributed by atoms with Gasteiger partial charge < -0.3 is 15.2 Å². The molecule has 1 amide bonds. The van der Waals surface area contributed by atoms with Crippen LogP contribution < -0.4 is 5.73 Å². The number of nitrogens with two attached hydrogens (primary N) is 1. The number of carbonyl (C=O) groups excluding carboxylic acids is 1. The summed E-state index contributed by atoms with van der Waals surface area (Å²) in [5, 5.41) is 3.94. The second-order valence-corrected chi connectivity index (χ2v) is 7.01. The largest absolute Gasteiger partial charge is 0.342 e. The van der Waals surface area contributed by atoms with Gasteiger partial charge in [-0.3, -0.25) is 4.79 Å². The van der Waals surface area contributed by atoms with Gasteiger partial charge in [0.1, 0.15) is 0 Å². The first-order chi connectivity index (χ1) is 12.1. The maximum absolute atomic E-state index is 12.6. The number of amides is 1.